The summed E-state index contributed by atoms with van der Waals surface area (Å²) in [5.74, 6) is 0.544. The molecule has 0 saturated carbocycles. The maximum atomic E-state index is 12.1. The Balaban J connectivity index is 2.34. The minimum Gasteiger partial charge on any atom is -0.346 e. The molecule has 0 bridgehead atoms. The Labute approximate surface area is 98.9 Å². The monoisotopic (exact) mass is 224 g/mol. The van der Waals surface area contributed by atoms with Crippen molar-refractivity contribution in [1.29, 1.82) is 0 Å². The van der Waals surface area contributed by atoms with Crippen molar-refractivity contribution >= 4 is 5.91 Å². The molecule has 2 unspecified atom stereocenters. The Morgan fingerprint density at radius 2 is 2.38 bits per heavy atom. The highest BCUT2D eigenvalue weighted by Crippen LogP contribution is 2.18. The number of hydrogen-bond acceptors (Lipinski definition) is 2. The first-order valence-electron chi connectivity index (χ1n) is 6.24. The zero-order chi connectivity index (χ0) is 12.0. The molecule has 3 heteroatoms. The molecule has 1 saturated heterocycles. The summed E-state index contributed by atoms with van der Waals surface area (Å²) in [6, 6.07) is 0.476. The van der Waals surface area contributed by atoms with E-state index < -0.39 is 0 Å². The van der Waals surface area contributed by atoms with Gasteiger partial charge in [0.15, 0.2) is 0 Å². The third-order valence-corrected chi connectivity index (χ3v) is 3.25. The van der Waals surface area contributed by atoms with Crippen LogP contribution < -0.4 is 5.32 Å². The fraction of sp³-hybridized carbons (Fsp3) is 0.769. The molecule has 92 valence electrons. The van der Waals surface area contributed by atoms with Gasteiger partial charge in [0.2, 0.25) is 5.91 Å². The maximum absolute atomic E-state index is 12.1. The molecule has 0 spiro atoms. The largest absolute Gasteiger partial charge is 0.346 e. The van der Waals surface area contributed by atoms with Crippen LogP contribution in [-0.4, -0.2) is 37.0 Å². The van der Waals surface area contributed by atoms with Crippen LogP contribution in [-0.2, 0) is 4.79 Å². The van der Waals surface area contributed by atoms with Crippen LogP contribution in [0.3, 0.4) is 0 Å². The van der Waals surface area contributed by atoms with Crippen LogP contribution in [0.1, 0.15) is 32.6 Å². The molecule has 0 radical (unpaired) electrons. The summed E-state index contributed by atoms with van der Waals surface area (Å²) >= 11 is 0. The standard InChI is InChI=1S/C13H24N2O/c1-4-5-6-9-15(3)13(16)12-7-8-14-11(2)10-12/h4,11-12,14H,1,5-10H2,2-3H3. The van der Waals surface area contributed by atoms with Crippen LogP contribution in [0.15, 0.2) is 12.7 Å². The molecule has 1 aliphatic rings. The Morgan fingerprint density at radius 3 is 3.00 bits per heavy atom. The number of amides is 1. The molecule has 0 aromatic rings. The summed E-state index contributed by atoms with van der Waals surface area (Å²) in [5, 5.41) is 3.37. The van der Waals surface area contributed by atoms with E-state index in [0.29, 0.717) is 11.9 Å². The molecule has 0 aliphatic carbocycles. The predicted molar refractivity (Wildman–Crippen MR) is 67.3 cm³/mol. The van der Waals surface area contributed by atoms with Crippen molar-refractivity contribution in [3.05, 3.63) is 12.7 Å². The van der Waals surface area contributed by atoms with Gasteiger partial charge in [-0.1, -0.05) is 6.08 Å². The molecule has 16 heavy (non-hydrogen) atoms. The van der Waals surface area contributed by atoms with Crippen molar-refractivity contribution in [3.8, 4) is 0 Å². The SMILES string of the molecule is C=CCCCN(C)C(=O)C1CCNC(C)C1. The number of nitrogens with one attached hydrogen (secondary N) is 1. The van der Waals surface area contributed by atoms with Gasteiger partial charge in [-0.05, 0) is 39.2 Å². The molecule has 1 N–H and O–H groups in total. The van der Waals surface area contributed by atoms with Crippen LogP contribution >= 0.6 is 0 Å². The number of carbonyl (C=O) groups excluding carboxylic acids is 1. The van der Waals surface area contributed by atoms with E-state index in [-0.39, 0.29) is 5.92 Å². The topological polar surface area (TPSA) is 32.3 Å². The summed E-state index contributed by atoms with van der Waals surface area (Å²) in [5.41, 5.74) is 0. The first-order chi connectivity index (χ1) is 7.65. The third kappa shape index (κ3) is 3.97. The van der Waals surface area contributed by atoms with Crippen LogP contribution in [0.5, 0.6) is 0 Å². The van der Waals surface area contributed by atoms with E-state index in [1.807, 2.05) is 18.0 Å². The molecule has 1 amide bonds. The highest BCUT2D eigenvalue weighted by Gasteiger charge is 2.26. The number of rotatable bonds is 5. The second-order valence-electron chi connectivity index (χ2n) is 4.77. The zero-order valence-corrected chi connectivity index (χ0v) is 10.5. The van der Waals surface area contributed by atoms with Gasteiger partial charge in [0.05, 0.1) is 0 Å². The summed E-state index contributed by atoms with van der Waals surface area (Å²) in [7, 11) is 1.91. The second kappa shape index (κ2) is 6.69. The third-order valence-electron chi connectivity index (χ3n) is 3.25. The minimum absolute atomic E-state index is 0.227. The minimum atomic E-state index is 0.227. The van der Waals surface area contributed by atoms with Crippen LogP contribution in [0.2, 0.25) is 0 Å². The molecule has 1 rings (SSSR count). The maximum Gasteiger partial charge on any atom is 0.225 e. The molecule has 2 atom stereocenters. The quantitative estimate of drug-likeness (QED) is 0.570. The number of nitrogens with zero attached hydrogens (tertiary/aromatic N) is 1. The van der Waals surface area contributed by atoms with Gasteiger partial charge in [-0.25, -0.2) is 0 Å². The van der Waals surface area contributed by atoms with Gasteiger partial charge < -0.3 is 10.2 Å². The highest BCUT2D eigenvalue weighted by atomic mass is 16.2. The Bertz CT molecular complexity index is 240. The number of piperidine rings is 1. The summed E-state index contributed by atoms with van der Waals surface area (Å²) in [4.78, 5) is 14.0. The van der Waals surface area contributed by atoms with E-state index in [4.69, 9.17) is 0 Å². The van der Waals surface area contributed by atoms with Crippen molar-refractivity contribution in [2.45, 2.75) is 38.6 Å². The van der Waals surface area contributed by atoms with Gasteiger partial charge in [-0.2, -0.15) is 0 Å². The molecular weight excluding hydrogens is 200 g/mol. The fourth-order valence-corrected chi connectivity index (χ4v) is 2.25. The van der Waals surface area contributed by atoms with Crippen molar-refractivity contribution in [2.24, 2.45) is 5.92 Å². The number of allylic oxidation sites excluding steroid dienone is 1. The fourth-order valence-electron chi connectivity index (χ4n) is 2.25. The Morgan fingerprint density at radius 1 is 1.62 bits per heavy atom. The molecule has 1 heterocycles. The van der Waals surface area contributed by atoms with Gasteiger partial charge in [0.1, 0.15) is 0 Å². The van der Waals surface area contributed by atoms with Gasteiger partial charge in [0.25, 0.3) is 0 Å². The van der Waals surface area contributed by atoms with Gasteiger partial charge in [-0.15, -0.1) is 6.58 Å². The van der Waals surface area contributed by atoms with Crippen LogP contribution in [0.4, 0.5) is 0 Å². The van der Waals surface area contributed by atoms with Crippen LogP contribution in [0.25, 0.3) is 0 Å². The average Bonchev–Trinajstić information content (AvgIpc) is 2.28. The van der Waals surface area contributed by atoms with E-state index in [9.17, 15) is 4.79 Å². The first-order valence-corrected chi connectivity index (χ1v) is 6.24. The van der Waals surface area contributed by atoms with Gasteiger partial charge in [0, 0.05) is 25.6 Å². The lowest BCUT2D eigenvalue weighted by Gasteiger charge is -2.30. The van der Waals surface area contributed by atoms with Crippen LogP contribution in [0, 0.1) is 5.92 Å². The Hall–Kier alpha value is -0.830. The molecule has 1 aliphatic heterocycles. The van der Waals surface area contributed by atoms with E-state index in [2.05, 4.69) is 18.8 Å². The smallest absolute Gasteiger partial charge is 0.225 e. The van der Waals surface area contributed by atoms with E-state index in [0.717, 1.165) is 38.8 Å². The molecule has 1 fully saturated rings. The lowest BCUT2D eigenvalue weighted by Crippen LogP contribution is -2.43. The lowest BCUT2D eigenvalue weighted by molar-refractivity contribution is -0.135. The summed E-state index contributed by atoms with van der Waals surface area (Å²) < 4.78 is 0. The van der Waals surface area contributed by atoms with Crippen molar-refractivity contribution in [3.63, 3.8) is 0 Å². The first kappa shape index (κ1) is 13.2. The van der Waals surface area contributed by atoms with E-state index in [1.54, 1.807) is 0 Å². The normalized spacial score (nSPS) is 25.1. The molecule has 0 aromatic carbocycles. The van der Waals surface area contributed by atoms with Gasteiger partial charge in [-0.3, -0.25) is 4.79 Å². The zero-order valence-electron chi connectivity index (χ0n) is 10.5. The number of hydrogen-bond donors (Lipinski definition) is 1. The lowest BCUT2D eigenvalue weighted by atomic mass is 9.92. The van der Waals surface area contributed by atoms with Crippen molar-refractivity contribution < 1.29 is 4.79 Å². The average molecular weight is 224 g/mol. The molecular formula is C13H24N2O. The Kier molecular flexibility index (Phi) is 5.53. The number of unbranched alkanes of at least 4 members (excludes halogenated alkanes) is 1. The summed E-state index contributed by atoms with van der Waals surface area (Å²) in [6.07, 6.45) is 5.87. The van der Waals surface area contributed by atoms with Gasteiger partial charge >= 0.3 is 0 Å². The molecule has 3 nitrogen and oxygen atoms in total. The second-order valence-corrected chi connectivity index (χ2v) is 4.77. The van der Waals surface area contributed by atoms with E-state index >= 15 is 0 Å². The highest BCUT2D eigenvalue weighted by molar-refractivity contribution is 5.78. The van der Waals surface area contributed by atoms with Crippen molar-refractivity contribution in [1.82, 2.24) is 10.2 Å². The van der Waals surface area contributed by atoms with E-state index in [1.165, 1.54) is 0 Å². The summed E-state index contributed by atoms with van der Waals surface area (Å²) in [6.45, 7) is 7.66. The number of carbonyl (C=O) groups is 1. The predicted octanol–water partition coefficient (Wildman–Crippen LogP) is 1.80. The molecule has 0 aromatic heterocycles. The van der Waals surface area contributed by atoms with Crippen molar-refractivity contribution in [2.75, 3.05) is 20.1 Å².